The van der Waals surface area contributed by atoms with E-state index >= 15 is 0 Å². The second-order valence-electron chi connectivity index (χ2n) is 3.70. The average molecular weight is 211 g/mol. The molecule has 0 saturated carbocycles. The van der Waals surface area contributed by atoms with E-state index in [1.165, 1.54) is 6.20 Å². The largest absolute Gasteiger partial charge is 0.311 e. The van der Waals surface area contributed by atoms with E-state index in [1.54, 1.807) is 17.8 Å². The number of benzene rings is 1. The Kier molecular flexibility index (Phi) is 1.77. The van der Waals surface area contributed by atoms with Crippen LogP contribution in [0, 0.1) is 0 Å². The molecule has 0 fully saturated rings. The van der Waals surface area contributed by atoms with Gasteiger partial charge < -0.3 is 4.57 Å². The first-order valence-electron chi connectivity index (χ1n) is 4.97. The number of aryl methyl sites for hydroxylation is 1. The molecule has 4 heteroatoms. The molecule has 0 radical (unpaired) electrons. The molecule has 78 valence electrons. The van der Waals surface area contributed by atoms with Crippen molar-refractivity contribution in [3.63, 3.8) is 0 Å². The molecule has 4 nitrogen and oxygen atoms in total. The highest BCUT2D eigenvalue weighted by atomic mass is 16.1. The Morgan fingerprint density at radius 3 is 2.50 bits per heavy atom. The molecule has 0 bridgehead atoms. The van der Waals surface area contributed by atoms with Gasteiger partial charge in [0.1, 0.15) is 0 Å². The molecule has 0 atom stereocenters. The van der Waals surface area contributed by atoms with Crippen molar-refractivity contribution in [1.82, 2.24) is 14.8 Å². The molecule has 2 aromatic heterocycles. The van der Waals surface area contributed by atoms with Crippen molar-refractivity contribution in [3.8, 4) is 0 Å². The van der Waals surface area contributed by atoms with Crippen LogP contribution in [0.1, 0.15) is 0 Å². The zero-order valence-electron chi connectivity index (χ0n) is 8.71. The van der Waals surface area contributed by atoms with E-state index in [-0.39, 0.29) is 5.56 Å². The second-order valence-corrected chi connectivity index (χ2v) is 3.70. The smallest absolute Gasteiger partial charge is 0.260 e. The number of para-hydroxylation sites is 1. The fourth-order valence-electron chi connectivity index (χ4n) is 1.99. The van der Waals surface area contributed by atoms with Gasteiger partial charge in [-0.05, 0) is 6.07 Å². The first kappa shape index (κ1) is 9.03. The minimum atomic E-state index is -0.0383. The summed E-state index contributed by atoms with van der Waals surface area (Å²) in [5, 5.41) is 10.1. The molecule has 3 aromatic rings. The Bertz CT molecular complexity index is 746. The molecular weight excluding hydrogens is 202 g/mol. The lowest BCUT2D eigenvalue weighted by Crippen LogP contribution is -2.17. The summed E-state index contributed by atoms with van der Waals surface area (Å²) in [5.74, 6) is 0. The predicted molar refractivity (Wildman–Crippen MR) is 62.3 cm³/mol. The minimum absolute atomic E-state index is 0.0383. The van der Waals surface area contributed by atoms with Crippen molar-refractivity contribution in [3.05, 3.63) is 47.0 Å². The number of hydrogen-bond donors (Lipinski definition) is 0. The Morgan fingerprint density at radius 2 is 1.69 bits per heavy atom. The highest BCUT2D eigenvalue weighted by Crippen LogP contribution is 2.20. The highest BCUT2D eigenvalue weighted by Gasteiger charge is 2.07. The maximum atomic E-state index is 12.0. The van der Waals surface area contributed by atoms with Crippen LogP contribution in [0.5, 0.6) is 0 Å². The maximum Gasteiger partial charge on any atom is 0.260 e. The summed E-state index contributed by atoms with van der Waals surface area (Å²) < 4.78 is 1.64. The second kappa shape index (κ2) is 3.13. The Balaban J connectivity index is 2.74. The number of pyridine rings is 1. The summed E-state index contributed by atoms with van der Waals surface area (Å²) in [6.07, 6.45) is 3.16. The fourth-order valence-corrected chi connectivity index (χ4v) is 1.99. The number of rotatable bonds is 0. The molecule has 0 saturated heterocycles. The van der Waals surface area contributed by atoms with Crippen LogP contribution in [0.4, 0.5) is 0 Å². The van der Waals surface area contributed by atoms with E-state index in [0.29, 0.717) is 5.39 Å². The van der Waals surface area contributed by atoms with Gasteiger partial charge in [0.05, 0.1) is 23.3 Å². The van der Waals surface area contributed by atoms with Gasteiger partial charge >= 0.3 is 0 Å². The van der Waals surface area contributed by atoms with Crippen LogP contribution >= 0.6 is 0 Å². The quantitative estimate of drug-likeness (QED) is 0.529. The van der Waals surface area contributed by atoms with E-state index in [1.807, 2.05) is 24.3 Å². The monoisotopic (exact) mass is 211 g/mol. The van der Waals surface area contributed by atoms with Gasteiger partial charge in [-0.15, -0.1) is 0 Å². The molecule has 0 aliphatic carbocycles. The third-order valence-corrected chi connectivity index (χ3v) is 2.82. The van der Waals surface area contributed by atoms with E-state index in [2.05, 4.69) is 10.2 Å². The van der Waals surface area contributed by atoms with E-state index < -0.39 is 0 Å². The molecule has 0 spiro atoms. The van der Waals surface area contributed by atoms with Crippen LogP contribution in [-0.2, 0) is 7.05 Å². The Labute approximate surface area is 91.2 Å². The highest BCUT2D eigenvalue weighted by molar-refractivity contribution is 6.04. The van der Waals surface area contributed by atoms with Crippen molar-refractivity contribution >= 4 is 21.7 Å². The standard InChI is InChI=1S/C12H9N3O/c1-15-11-5-3-2-4-8(11)9-6-13-14-7-10(9)12(15)16/h2-7H,1H3. The third-order valence-electron chi connectivity index (χ3n) is 2.82. The van der Waals surface area contributed by atoms with Crippen LogP contribution in [0.15, 0.2) is 41.5 Å². The van der Waals surface area contributed by atoms with Gasteiger partial charge in [-0.2, -0.15) is 10.2 Å². The molecule has 2 heterocycles. The summed E-state index contributed by atoms with van der Waals surface area (Å²) in [6.45, 7) is 0. The van der Waals surface area contributed by atoms with Gasteiger partial charge in [-0.3, -0.25) is 4.79 Å². The predicted octanol–water partition coefficient (Wildman–Crippen LogP) is 1.48. The third kappa shape index (κ3) is 1.07. The molecule has 0 unspecified atom stereocenters. The summed E-state index contributed by atoms with van der Waals surface area (Å²) in [4.78, 5) is 12.0. The minimum Gasteiger partial charge on any atom is -0.311 e. The fraction of sp³-hybridized carbons (Fsp3) is 0.0833. The van der Waals surface area contributed by atoms with Crippen molar-refractivity contribution in [2.75, 3.05) is 0 Å². The van der Waals surface area contributed by atoms with Crippen LogP contribution in [-0.4, -0.2) is 14.8 Å². The van der Waals surface area contributed by atoms with Gasteiger partial charge in [0.25, 0.3) is 5.56 Å². The lowest BCUT2D eigenvalue weighted by molar-refractivity contribution is 0.914. The zero-order chi connectivity index (χ0) is 11.1. The first-order chi connectivity index (χ1) is 7.79. The van der Waals surface area contributed by atoms with Gasteiger partial charge in [0, 0.05) is 17.8 Å². The number of fused-ring (bicyclic) bond motifs is 3. The summed E-state index contributed by atoms with van der Waals surface area (Å²) in [5.41, 5.74) is 0.872. The van der Waals surface area contributed by atoms with Crippen LogP contribution < -0.4 is 5.56 Å². The number of aromatic nitrogens is 3. The molecular formula is C12H9N3O. The topological polar surface area (TPSA) is 47.8 Å². The first-order valence-corrected chi connectivity index (χ1v) is 4.97. The van der Waals surface area contributed by atoms with Crippen LogP contribution in [0.2, 0.25) is 0 Å². The van der Waals surface area contributed by atoms with Gasteiger partial charge in [-0.1, -0.05) is 18.2 Å². The van der Waals surface area contributed by atoms with Gasteiger partial charge in [-0.25, -0.2) is 0 Å². The molecule has 16 heavy (non-hydrogen) atoms. The SMILES string of the molecule is Cn1c(=O)c2cnncc2c2ccccc21. The van der Waals surface area contributed by atoms with Gasteiger partial charge in [0.2, 0.25) is 0 Å². The molecule has 3 rings (SSSR count). The molecule has 0 amide bonds. The molecule has 0 aliphatic heterocycles. The lowest BCUT2D eigenvalue weighted by atomic mass is 10.1. The lowest BCUT2D eigenvalue weighted by Gasteiger charge is -2.07. The van der Waals surface area contributed by atoms with Crippen molar-refractivity contribution in [2.45, 2.75) is 0 Å². The molecule has 1 aromatic carbocycles. The van der Waals surface area contributed by atoms with E-state index in [4.69, 9.17) is 0 Å². The maximum absolute atomic E-state index is 12.0. The molecule has 0 aliphatic rings. The molecule has 0 N–H and O–H groups in total. The number of nitrogens with zero attached hydrogens (tertiary/aromatic N) is 3. The van der Waals surface area contributed by atoms with Gasteiger partial charge in [0.15, 0.2) is 0 Å². The normalized spacial score (nSPS) is 11.1. The van der Waals surface area contributed by atoms with E-state index in [0.717, 1.165) is 16.3 Å². The summed E-state index contributed by atoms with van der Waals surface area (Å²) >= 11 is 0. The van der Waals surface area contributed by atoms with Crippen molar-refractivity contribution in [2.24, 2.45) is 7.05 Å². The van der Waals surface area contributed by atoms with Crippen LogP contribution in [0.3, 0.4) is 0 Å². The zero-order valence-corrected chi connectivity index (χ0v) is 8.71. The summed E-state index contributed by atoms with van der Waals surface area (Å²) in [6, 6.07) is 7.78. The number of hydrogen-bond acceptors (Lipinski definition) is 3. The van der Waals surface area contributed by atoms with Crippen molar-refractivity contribution < 1.29 is 0 Å². The summed E-state index contributed by atoms with van der Waals surface area (Å²) in [7, 11) is 1.77. The van der Waals surface area contributed by atoms with E-state index in [9.17, 15) is 4.79 Å². The Hall–Kier alpha value is -2.23. The Morgan fingerprint density at radius 1 is 1.00 bits per heavy atom. The average Bonchev–Trinajstić information content (AvgIpc) is 2.36. The van der Waals surface area contributed by atoms with Crippen LogP contribution in [0.25, 0.3) is 21.7 Å². The van der Waals surface area contributed by atoms with Crippen molar-refractivity contribution in [1.29, 1.82) is 0 Å².